The number of fused-ring (bicyclic) bond motifs is 1. The molecule has 3 amide bonds. The Balaban J connectivity index is 1.76. The molecule has 0 atom stereocenters. The van der Waals surface area contributed by atoms with Crippen molar-refractivity contribution in [2.75, 3.05) is 33.3 Å². The highest BCUT2D eigenvalue weighted by molar-refractivity contribution is 6.03. The number of pyridine rings is 1. The van der Waals surface area contributed by atoms with Crippen molar-refractivity contribution in [1.82, 2.24) is 14.8 Å². The van der Waals surface area contributed by atoms with Gasteiger partial charge in [0, 0.05) is 31.6 Å². The fourth-order valence-electron chi connectivity index (χ4n) is 3.54. The Labute approximate surface area is 181 Å². The Hall–Kier alpha value is -3.36. The number of nitrogens with two attached hydrogens (primary N) is 1. The van der Waals surface area contributed by atoms with Crippen molar-refractivity contribution >= 4 is 28.8 Å². The highest BCUT2D eigenvalue weighted by atomic mass is 16.6. The number of piperazine rings is 1. The average molecular weight is 428 g/mol. The number of nitrogens with zero attached hydrogens (tertiary/aromatic N) is 3. The molecule has 9 heteroatoms. The first kappa shape index (κ1) is 22.3. The lowest BCUT2D eigenvalue weighted by atomic mass is 10.0. The number of rotatable bonds is 4. The van der Waals surface area contributed by atoms with Crippen LogP contribution in [-0.2, 0) is 16.0 Å². The van der Waals surface area contributed by atoms with Crippen LogP contribution in [0.4, 0.5) is 4.79 Å². The number of benzene rings is 1. The molecule has 0 aliphatic carbocycles. The second-order valence-corrected chi connectivity index (χ2v) is 8.37. The Morgan fingerprint density at radius 1 is 1.06 bits per heavy atom. The molecule has 2 heterocycles. The van der Waals surface area contributed by atoms with Gasteiger partial charge in [-0.15, -0.1) is 0 Å². The summed E-state index contributed by atoms with van der Waals surface area (Å²) in [6, 6.07) is 7.21. The number of carbonyl (C=O) groups excluding carboxylic acids is 3. The topological polar surface area (TPSA) is 115 Å². The summed E-state index contributed by atoms with van der Waals surface area (Å²) in [5.41, 5.74) is 6.03. The van der Waals surface area contributed by atoms with Crippen molar-refractivity contribution in [2.24, 2.45) is 5.73 Å². The van der Waals surface area contributed by atoms with E-state index in [1.54, 1.807) is 21.9 Å². The first-order valence-corrected chi connectivity index (χ1v) is 10.1. The molecule has 2 aromatic rings. The molecule has 9 nitrogen and oxygen atoms in total. The number of carbonyl (C=O) groups is 3. The van der Waals surface area contributed by atoms with Crippen molar-refractivity contribution in [3.8, 4) is 5.75 Å². The molecule has 31 heavy (non-hydrogen) atoms. The Morgan fingerprint density at radius 2 is 1.68 bits per heavy atom. The molecule has 1 aromatic heterocycles. The van der Waals surface area contributed by atoms with Crippen LogP contribution in [0.25, 0.3) is 10.9 Å². The van der Waals surface area contributed by atoms with E-state index in [0.717, 1.165) is 0 Å². The molecule has 0 unspecified atom stereocenters. The normalized spacial score (nSPS) is 14.5. The molecular formula is C22H28N4O5. The number of amides is 3. The standard InChI is InChI=1S/C22H28N4O5/c1-22(2,3)31-21(29)26-11-9-25(10-12-26)17(27)13-16-18(20(23)28)19(30-4)14-7-5-6-8-15(14)24-16/h5-8H,9-13H2,1-4H3,(H2,23,28). The lowest BCUT2D eigenvalue weighted by Crippen LogP contribution is -2.52. The van der Waals surface area contributed by atoms with E-state index in [2.05, 4.69) is 4.98 Å². The van der Waals surface area contributed by atoms with Crippen LogP contribution in [0.2, 0.25) is 0 Å². The van der Waals surface area contributed by atoms with Crippen LogP contribution in [0.3, 0.4) is 0 Å². The smallest absolute Gasteiger partial charge is 0.410 e. The number of methoxy groups -OCH3 is 1. The highest BCUT2D eigenvalue weighted by Gasteiger charge is 2.29. The Bertz CT molecular complexity index is 1010. The summed E-state index contributed by atoms with van der Waals surface area (Å²) < 4.78 is 10.8. The molecule has 166 valence electrons. The summed E-state index contributed by atoms with van der Waals surface area (Å²) in [5.74, 6) is -0.584. The largest absolute Gasteiger partial charge is 0.495 e. The van der Waals surface area contributed by atoms with Crippen LogP contribution < -0.4 is 10.5 Å². The molecule has 1 aliphatic heterocycles. The van der Waals surface area contributed by atoms with Crippen LogP contribution in [0.5, 0.6) is 5.75 Å². The van der Waals surface area contributed by atoms with E-state index in [-0.39, 0.29) is 23.6 Å². The number of primary amides is 1. The number of hydrogen-bond acceptors (Lipinski definition) is 6. The number of ether oxygens (including phenoxy) is 2. The van der Waals surface area contributed by atoms with Gasteiger partial charge < -0.3 is 25.0 Å². The molecule has 0 radical (unpaired) electrons. The van der Waals surface area contributed by atoms with Crippen molar-refractivity contribution in [3.05, 3.63) is 35.5 Å². The zero-order valence-corrected chi connectivity index (χ0v) is 18.3. The molecule has 2 N–H and O–H groups in total. The molecule has 0 saturated carbocycles. The summed E-state index contributed by atoms with van der Waals surface area (Å²) in [6.45, 7) is 6.92. The van der Waals surface area contributed by atoms with Crippen LogP contribution in [0.15, 0.2) is 24.3 Å². The minimum Gasteiger partial charge on any atom is -0.495 e. The summed E-state index contributed by atoms with van der Waals surface area (Å²) >= 11 is 0. The predicted molar refractivity (Wildman–Crippen MR) is 115 cm³/mol. The predicted octanol–water partition coefficient (Wildman–Crippen LogP) is 1.96. The van der Waals surface area contributed by atoms with Crippen LogP contribution >= 0.6 is 0 Å². The third-order valence-corrected chi connectivity index (χ3v) is 4.97. The maximum atomic E-state index is 12.9. The van der Waals surface area contributed by atoms with Gasteiger partial charge in [-0.3, -0.25) is 14.6 Å². The minimum absolute atomic E-state index is 0.0914. The SMILES string of the molecule is COc1c(C(N)=O)c(CC(=O)N2CCN(C(=O)OC(C)(C)C)CC2)nc2ccccc12. The second kappa shape index (κ2) is 8.79. The summed E-state index contributed by atoms with van der Waals surface area (Å²) in [4.78, 5) is 45.1. The van der Waals surface area contributed by atoms with Crippen molar-refractivity contribution < 1.29 is 23.9 Å². The van der Waals surface area contributed by atoms with Crippen molar-refractivity contribution in [2.45, 2.75) is 32.8 Å². The third-order valence-electron chi connectivity index (χ3n) is 4.97. The number of para-hydroxylation sites is 1. The summed E-state index contributed by atoms with van der Waals surface area (Å²) in [5, 5.41) is 0.654. The summed E-state index contributed by atoms with van der Waals surface area (Å²) in [6.07, 6.45) is -0.483. The van der Waals surface area contributed by atoms with E-state index in [1.165, 1.54) is 7.11 Å². The average Bonchev–Trinajstić information content (AvgIpc) is 2.71. The summed E-state index contributed by atoms with van der Waals surface area (Å²) in [7, 11) is 1.45. The molecule has 1 aromatic carbocycles. The van der Waals surface area contributed by atoms with Gasteiger partial charge in [0.2, 0.25) is 5.91 Å². The van der Waals surface area contributed by atoms with Crippen LogP contribution in [-0.4, -0.2) is 71.6 Å². The van der Waals surface area contributed by atoms with Gasteiger partial charge in [0.15, 0.2) is 0 Å². The van der Waals surface area contributed by atoms with Gasteiger partial charge >= 0.3 is 6.09 Å². The highest BCUT2D eigenvalue weighted by Crippen LogP contribution is 2.31. The zero-order chi connectivity index (χ0) is 22.8. The molecule has 1 aliphatic rings. The third kappa shape index (κ3) is 5.04. The van der Waals surface area contributed by atoms with Gasteiger partial charge in [-0.2, -0.15) is 0 Å². The zero-order valence-electron chi connectivity index (χ0n) is 18.3. The fourth-order valence-corrected chi connectivity index (χ4v) is 3.54. The van der Waals surface area contributed by atoms with Crippen LogP contribution in [0, 0.1) is 0 Å². The number of aromatic nitrogens is 1. The quantitative estimate of drug-likeness (QED) is 0.796. The fraction of sp³-hybridized carbons (Fsp3) is 0.455. The van der Waals surface area contributed by atoms with E-state index in [9.17, 15) is 14.4 Å². The Morgan fingerprint density at radius 3 is 2.26 bits per heavy atom. The molecule has 3 rings (SSSR count). The first-order valence-electron chi connectivity index (χ1n) is 10.1. The van der Waals surface area contributed by atoms with E-state index in [1.807, 2.05) is 32.9 Å². The monoisotopic (exact) mass is 428 g/mol. The molecule has 1 fully saturated rings. The lowest BCUT2D eigenvalue weighted by molar-refractivity contribution is -0.132. The van der Waals surface area contributed by atoms with Gasteiger partial charge in [0.1, 0.15) is 16.9 Å². The number of hydrogen-bond donors (Lipinski definition) is 1. The van der Waals surface area contributed by atoms with E-state index in [0.29, 0.717) is 42.8 Å². The van der Waals surface area contributed by atoms with Gasteiger partial charge in [-0.1, -0.05) is 12.1 Å². The van der Waals surface area contributed by atoms with Crippen molar-refractivity contribution in [3.63, 3.8) is 0 Å². The van der Waals surface area contributed by atoms with E-state index in [4.69, 9.17) is 15.2 Å². The molecule has 1 saturated heterocycles. The Kier molecular flexibility index (Phi) is 6.33. The van der Waals surface area contributed by atoms with Gasteiger partial charge in [-0.25, -0.2) is 4.79 Å². The molecule has 0 bridgehead atoms. The van der Waals surface area contributed by atoms with Gasteiger partial charge in [0.25, 0.3) is 5.91 Å². The first-order chi connectivity index (χ1) is 14.6. The lowest BCUT2D eigenvalue weighted by Gasteiger charge is -2.35. The minimum atomic E-state index is -0.701. The van der Waals surface area contributed by atoms with Crippen LogP contribution in [0.1, 0.15) is 36.8 Å². The second-order valence-electron chi connectivity index (χ2n) is 8.37. The molecular weight excluding hydrogens is 400 g/mol. The maximum Gasteiger partial charge on any atom is 0.410 e. The van der Waals surface area contributed by atoms with Crippen molar-refractivity contribution in [1.29, 1.82) is 0 Å². The van der Waals surface area contributed by atoms with E-state index < -0.39 is 17.6 Å². The van der Waals surface area contributed by atoms with Gasteiger partial charge in [-0.05, 0) is 32.9 Å². The molecule has 0 spiro atoms. The maximum absolute atomic E-state index is 12.9. The van der Waals surface area contributed by atoms with E-state index >= 15 is 0 Å². The van der Waals surface area contributed by atoms with Gasteiger partial charge in [0.05, 0.1) is 24.7 Å².